The van der Waals surface area contributed by atoms with E-state index in [4.69, 9.17) is 5.73 Å². The molecule has 1 amide bonds. The Morgan fingerprint density at radius 2 is 2.06 bits per heavy atom. The van der Waals surface area contributed by atoms with Gasteiger partial charge < -0.3 is 11.1 Å². The van der Waals surface area contributed by atoms with Crippen LogP contribution in [0.5, 0.6) is 0 Å². The summed E-state index contributed by atoms with van der Waals surface area (Å²) >= 11 is 3.55. The van der Waals surface area contributed by atoms with Crippen LogP contribution < -0.4 is 11.1 Å². The van der Waals surface area contributed by atoms with Gasteiger partial charge in [-0.05, 0) is 11.6 Å². The number of carbonyl (C=O) groups excluding carboxylic acids is 1. The third kappa shape index (κ3) is 3.82. The van der Waals surface area contributed by atoms with Gasteiger partial charge >= 0.3 is 0 Å². The maximum absolute atomic E-state index is 11.7. The zero-order chi connectivity index (χ0) is 13.8. The van der Waals surface area contributed by atoms with Gasteiger partial charge in [-0.3, -0.25) is 4.79 Å². The molecule has 0 saturated heterocycles. The fourth-order valence-corrected chi connectivity index (χ4v) is 2.52. The molecule has 0 bridgehead atoms. The summed E-state index contributed by atoms with van der Waals surface area (Å²) in [6.07, 6.45) is 0. The van der Waals surface area contributed by atoms with Crippen molar-refractivity contribution in [3.8, 4) is 0 Å². The van der Waals surface area contributed by atoms with E-state index in [-0.39, 0.29) is 17.2 Å². The highest BCUT2D eigenvalue weighted by molar-refractivity contribution is 9.10. The van der Waals surface area contributed by atoms with Crippen LogP contribution in [0.1, 0.15) is 26.3 Å². The first-order valence-corrected chi connectivity index (χ1v) is 6.90. The molecule has 4 heteroatoms. The molecule has 1 aromatic rings. The fourth-order valence-electron chi connectivity index (χ4n) is 1.69. The first kappa shape index (κ1) is 15.2. The number of carbonyl (C=O) groups is 1. The van der Waals surface area contributed by atoms with Crippen LogP contribution in [0.25, 0.3) is 0 Å². The van der Waals surface area contributed by atoms with E-state index < -0.39 is 0 Å². The zero-order valence-electron chi connectivity index (χ0n) is 11.2. The van der Waals surface area contributed by atoms with Crippen LogP contribution in [0.15, 0.2) is 28.7 Å². The largest absolute Gasteiger partial charge is 0.355 e. The lowest BCUT2D eigenvalue weighted by Crippen LogP contribution is -2.40. The second kappa shape index (κ2) is 6.34. The molecule has 0 radical (unpaired) electrons. The minimum atomic E-state index is -0.139. The van der Waals surface area contributed by atoms with Gasteiger partial charge in [0.25, 0.3) is 0 Å². The smallest absolute Gasteiger partial charge is 0.224 e. The van der Waals surface area contributed by atoms with Crippen molar-refractivity contribution in [2.45, 2.75) is 26.2 Å². The molecule has 0 aliphatic rings. The highest BCUT2D eigenvalue weighted by atomic mass is 79.9. The predicted octanol–water partition coefficient (Wildman–Crippen LogP) is 2.44. The highest BCUT2D eigenvalue weighted by Crippen LogP contribution is 2.29. The number of benzene rings is 1. The third-order valence-electron chi connectivity index (χ3n) is 3.11. The van der Waals surface area contributed by atoms with E-state index in [1.54, 1.807) is 0 Å². The van der Waals surface area contributed by atoms with Crippen LogP contribution in [-0.4, -0.2) is 19.0 Å². The zero-order valence-corrected chi connectivity index (χ0v) is 12.8. The fraction of sp³-hybridized carbons (Fsp3) is 0.500. The quantitative estimate of drug-likeness (QED) is 0.877. The van der Waals surface area contributed by atoms with Crippen molar-refractivity contribution in [3.05, 3.63) is 34.3 Å². The Balaban J connectivity index is 2.71. The Kier molecular flexibility index (Phi) is 5.35. The molecule has 0 saturated carbocycles. The van der Waals surface area contributed by atoms with Crippen molar-refractivity contribution < 1.29 is 4.79 Å². The standard InChI is InChI=1S/C14H21BrN2O/c1-10(8-16)13(18)17-9-14(2,3)11-6-4-5-7-12(11)15/h4-7,10H,8-9,16H2,1-3H3,(H,17,18). The van der Waals surface area contributed by atoms with Gasteiger partial charge in [-0.15, -0.1) is 0 Å². The minimum Gasteiger partial charge on any atom is -0.355 e. The van der Waals surface area contributed by atoms with Crippen LogP contribution in [0.3, 0.4) is 0 Å². The average Bonchev–Trinajstić information content (AvgIpc) is 2.35. The van der Waals surface area contributed by atoms with Gasteiger partial charge in [0.15, 0.2) is 0 Å². The number of halogens is 1. The molecular formula is C14H21BrN2O. The maximum atomic E-state index is 11.7. The summed E-state index contributed by atoms with van der Waals surface area (Å²) in [5, 5.41) is 2.96. The summed E-state index contributed by atoms with van der Waals surface area (Å²) in [4.78, 5) is 11.7. The number of hydrogen-bond acceptors (Lipinski definition) is 2. The maximum Gasteiger partial charge on any atom is 0.224 e. The first-order chi connectivity index (χ1) is 8.38. The number of nitrogens with two attached hydrogens (primary N) is 1. The van der Waals surface area contributed by atoms with E-state index in [0.29, 0.717) is 13.1 Å². The number of hydrogen-bond donors (Lipinski definition) is 2. The number of rotatable bonds is 5. The van der Waals surface area contributed by atoms with Crippen molar-refractivity contribution in [2.24, 2.45) is 11.7 Å². The molecule has 0 heterocycles. The van der Waals surface area contributed by atoms with Crippen LogP contribution in [-0.2, 0) is 10.2 Å². The molecule has 3 N–H and O–H groups in total. The SMILES string of the molecule is CC(CN)C(=O)NCC(C)(C)c1ccccc1Br. The summed E-state index contributed by atoms with van der Waals surface area (Å²) in [5.41, 5.74) is 6.54. The molecule has 0 spiro atoms. The van der Waals surface area contributed by atoms with Crippen molar-refractivity contribution in [3.63, 3.8) is 0 Å². The van der Waals surface area contributed by atoms with Crippen molar-refractivity contribution >= 4 is 21.8 Å². The Labute approximate surface area is 117 Å². The van der Waals surface area contributed by atoms with Gasteiger partial charge in [-0.25, -0.2) is 0 Å². The molecule has 0 fully saturated rings. The molecular weight excluding hydrogens is 292 g/mol. The van der Waals surface area contributed by atoms with E-state index >= 15 is 0 Å². The summed E-state index contributed by atoms with van der Waals surface area (Å²) in [5.74, 6) is -0.127. The Bertz CT molecular complexity index is 418. The van der Waals surface area contributed by atoms with Gasteiger partial charge in [0.1, 0.15) is 0 Å². The molecule has 1 atom stereocenters. The molecule has 0 aliphatic heterocycles. The monoisotopic (exact) mass is 312 g/mol. The first-order valence-electron chi connectivity index (χ1n) is 6.11. The molecule has 3 nitrogen and oxygen atoms in total. The van der Waals surface area contributed by atoms with Gasteiger partial charge in [0, 0.05) is 28.9 Å². The van der Waals surface area contributed by atoms with Gasteiger partial charge in [0.2, 0.25) is 5.91 Å². The van der Waals surface area contributed by atoms with E-state index in [1.807, 2.05) is 25.1 Å². The lowest BCUT2D eigenvalue weighted by molar-refractivity contribution is -0.124. The summed E-state index contributed by atoms with van der Waals surface area (Å²) in [6, 6.07) is 8.08. The van der Waals surface area contributed by atoms with Crippen LogP contribution in [0, 0.1) is 5.92 Å². The van der Waals surface area contributed by atoms with Crippen molar-refractivity contribution in [2.75, 3.05) is 13.1 Å². The predicted molar refractivity (Wildman–Crippen MR) is 78.4 cm³/mol. The minimum absolute atomic E-state index is 0.0117. The molecule has 1 unspecified atom stereocenters. The molecule has 1 rings (SSSR count). The Hall–Kier alpha value is -0.870. The van der Waals surface area contributed by atoms with E-state index in [0.717, 1.165) is 4.47 Å². The molecule has 100 valence electrons. The Morgan fingerprint density at radius 1 is 1.44 bits per heavy atom. The molecule has 0 aromatic heterocycles. The topological polar surface area (TPSA) is 55.1 Å². The summed E-state index contributed by atoms with van der Waals surface area (Å²) < 4.78 is 1.07. The lowest BCUT2D eigenvalue weighted by Gasteiger charge is -2.27. The average molecular weight is 313 g/mol. The van der Waals surface area contributed by atoms with Crippen LogP contribution >= 0.6 is 15.9 Å². The highest BCUT2D eigenvalue weighted by Gasteiger charge is 2.24. The number of amides is 1. The lowest BCUT2D eigenvalue weighted by atomic mass is 9.84. The van der Waals surface area contributed by atoms with E-state index in [1.165, 1.54) is 5.56 Å². The van der Waals surface area contributed by atoms with Crippen LogP contribution in [0.2, 0.25) is 0 Å². The Morgan fingerprint density at radius 3 is 2.61 bits per heavy atom. The normalized spacial score (nSPS) is 13.2. The van der Waals surface area contributed by atoms with Gasteiger partial charge in [-0.2, -0.15) is 0 Å². The number of nitrogens with one attached hydrogen (secondary N) is 1. The second-order valence-corrected chi connectivity index (χ2v) is 6.07. The van der Waals surface area contributed by atoms with Gasteiger partial charge in [0.05, 0.1) is 0 Å². The van der Waals surface area contributed by atoms with Crippen LogP contribution in [0.4, 0.5) is 0 Å². The molecule has 18 heavy (non-hydrogen) atoms. The third-order valence-corrected chi connectivity index (χ3v) is 3.80. The van der Waals surface area contributed by atoms with E-state index in [2.05, 4.69) is 41.2 Å². The van der Waals surface area contributed by atoms with E-state index in [9.17, 15) is 4.79 Å². The summed E-state index contributed by atoms with van der Waals surface area (Å²) in [7, 11) is 0. The van der Waals surface area contributed by atoms with Gasteiger partial charge in [-0.1, -0.05) is 54.9 Å². The second-order valence-electron chi connectivity index (χ2n) is 5.22. The molecule has 1 aromatic carbocycles. The van der Waals surface area contributed by atoms with Crippen molar-refractivity contribution in [1.29, 1.82) is 0 Å². The molecule has 0 aliphatic carbocycles. The van der Waals surface area contributed by atoms with Crippen molar-refractivity contribution in [1.82, 2.24) is 5.32 Å². The summed E-state index contributed by atoms with van der Waals surface area (Å²) in [6.45, 7) is 7.03.